The van der Waals surface area contributed by atoms with Gasteiger partial charge in [-0.05, 0) is 69.2 Å². The Morgan fingerprint density at radius 2 is 1.80 bits per heavy atom. The van der Waals surface area contributed by atoms with Gasteiger partial charge in [0.1, 0.15) is 18.0 Å². The molecule has 0 saturated heterocycles. The van der Waals surface area contributed by atoms with Gasteiger partial charge in [0.25, 0.3) is 5.91 Å². The van der Waals surface area contributed by atoms with Crippen molar-refractivity contribution in [2.45, 2.75) is 51.2 Å². The van der Waals surface area contributed by atoms with E-state index in [-0.39, 0.29) is 11.4 Å². The van der Waals surface area contributed by atoms with E-state index in [4.69, 9.17) is 4.74 Å². The van der Waals surface area contributed by atoms with Crippen molar-refractivity contribution in [1.82, 2.24) is 25.2 Å². The topological polar surface area (TPSA) is 155 Å². The third kappa shape index (κ3) is 7.68. The number of esters is 1. The number of pyridine rings is 1. The maximum Gasteiger partial charge on any atom is 0.326 e. The first-order valence-electron chi connectivity index (χ1n) is 13.2. The van der Waals surface area contributed by atoms with Gasteiger partial charge in [0.15, 0.2) is 0 Å². The molecule has 0 unspecified atom stereocenters. The molecule has 11 nitrogen and oxygen atoms in total. The fraction of sp³-hybridized carbons (Fsp3) is 0.310. The monoisotopic (exact) mass is 578 g/mol. The van der Waals surface area contributed by atoms with Crippen molar-refractivity contribution in [2.24, 2.45) is 0 Å². The van der Waals surface area contributed by atoms with Gasteiger partial charge in [0.2, 0.25) is 10.0 Å². The quantitative estimate of drug-likeness (QED) is 0.187. The van der Waals surface area contributed by atoms with Gasteiger partial charge < -0.3 is 15.4 Å². The maximum absolute atomic E-state index is 13.5. The van der Waals surface area contributed by atoms with Crippen LogP contribution in [-0.2, 0) is 19.6 Å². The Hall–Kier alpha value is -4.29. The summed E-state index contributed by atoms with van der Waals surface area (Å²) in [6, 6.07) is 12.6. The molecule has 0 aliphatic heterocycles. The number of anilines is 1. The van der Waals surface area contributed by atoms with Crippen molar-refractivity contribution < 1.29 is 22.7 Å². The van der Waals surface area contributed by atoms with Crippen LogP contribution in [0, 0.1) is 20.8 Å². The molecular formula is C29H34N6O5S. The minimum atomic E-state index is -4.14. The standard InChI is InChI=1S/C29H34N6O5S/c1-18-13-19(2)27(20(3)14-18)41(38,39)35-25(17-32-28(36)22-8-9-24-23(15-22)16-33-34-24)29(37)40-21(4)10-12-31-26-7-5-6-11-30-26/h5-9,11,13-16,21,25,35H,10,12,17H2,1-4H3,(H,30,31)(H,32,36)(H,33,34)/t21-,25+/m1/s1. The van der Waals surface area contributed by atoms with Gasteiger partial charge in [-0.2, -0.15) is 9.82 Å². The summed E-state index contributed by atoms with van der Waals surface area (Å²) in [7, 11) is -4.14. The van der Waals surface area contributed by atoms with E-state index < -0.39 is 34.0 Å². The number of H-pyrrole nitrogens is 1. The van der Waals surface area contributed by atoms with Crippen LogP contribution in [0.25, 0.3) is 10.9 Å². The van der Waals surface area contributed by atoms with Crippen LogP contribution in [0.4, 0.5) is 5.82 Å². The number of fused-ring (bicyclic) bond motifs is 1. The first kappa shape index (κ1) is 29.7. The number of aromatic nitrogens is 3. The molecule has 41 heavy (non-hydrogen) atoms. The molecule has 0 bridgehead atoms. The number of sulfonamides is 1. The van der Waals surface area contributed by atoms with Crippen LogP contribution >= 0.6 is 0 Å². The van der Waals surface area contributed by atoms with Crippen LogP contribution in [0.15, 0.2) is 65.8 Å². The molecule has 1 amide bonds. The van der Waals surface area contributed by atoms with E-state index in [0.29, 0.717) is 35.5 Å². The summed E-state index contributed by atoms with van der Waals surface area (Å²) in [5.74, 6) is -0.579. The van der Waals surface area contributed by atoms with Gasteiger partial charge >= 0.3 is 5.97 Å². The van der Waals surface area contributed by atoms with Gasteiger partial charge in [-0.25, -0.2) is 13.4 Å². The number of nitrogens with one attached hydrogen (secondary N) is 4. The van der Waals surface area contributed by atoms with Gasteiger partial charge in [-0.1, -0.05) is 23.8 Å². The molecule has 0 aliphatic carbocycles. The highest BCUT2D eigenvalue weighted by Crippen LogP contribution is 2.22. The smallest absolute Gasteiger partial charge is 0.326 e. The number of benzene rings is 2. The molecule has 0 spiro atoms. The molecule has 12 heteroatoms. The number of aromatic amines is 1. The van der Waals surface area contributed by atoms with E-state index in [2.05, 4.69) is 30.5 Å². The normalized spacial score (nSPS) is 13.0. The minimum absolute atomic E-state index is 0.0882. The lowest BCUT2D eigenvalue weighted by atomic mass is 10.1. The summed E-state index contributed by atoms with van der Waals surface area (Å²) in [4.78, 5) is 30.5. The second-order valence-electron chi connectivity index (χ2n) is 9.96. The van der Waals surface area contributed by atoms with Crippen molar-refractivity contribution in [2.75, 3.05) is 18.4 Å². The van der Waals surface area contributed by atoms with E-state index in [0.717, 1.165) is 16.5 Å². The second-order valence-corrected chi connectivity index (χ2v) is 11.6. The average molecular weight is 579 g/mol. The Morgan fingerprint density at radius 3 is 2.51 bits per heavy atom. The van der Waals surface area contributed by atoms with Crippen molar-refractivity contribution in [3.63, 3.8) is 0 Å². The van der Waals surface area contributed by atoms with E-state index in [1.807, 2.05) is 25.1 Å². The lowest BCUT2D eigenvalue weighted by Crippen LogP contribution is -2.50. The molecule has 2 aromatic carbocycles. The van der Waals surface area contributed by atoms with Crippen molar-refractivity contribution in [3.8, 4) is 0 Å². The third-order valence-electron chi connectivity index (χ3n) is 6.46. The minimum Gasteiger partial charge on any atom is -0.461 e. The van der Waals surface area contributed by atoms with Crippen LogP contribution in [0.3, 0.4) is 0 Å². The molecule has 4 N–H and O–H groups in total. The molecule has 0 saturated carbocycles. The predicted octanol–water partition coefficient (Wildman–Crippen LogP) is 3.39. The third-order valence-corrected chi connectivity index (χ3v) is 8.24. The van der Waals surface area contributed by atoms with Crippen molar-refractivity contribution >= 4 is 38.6 Å². The Morgan fingerprint density at radius 1 is 1.05 bits per heavy atom. The zero-order chi connectivity index (χ0) is 29.6. The van der Waals surface area contributed by atoms with Crippen LogP contribution < -0.4 is 15.4 Å². The van der Waals surface area contributed by atoms with Gasteiger partial charge in [-0.3, -0.25) is 14.7 Å². The van der Waals surface area contributed by atoms with Crippen LogP contribution in [-0.4, -0.2) is 60.7 Å². The summed E-state index contributed by atoms with van der Waals surface area (Å²) >= 11 is 0. The fourth-order valence-electron chi connectivity index (χ4n) is 4.60. The Balaban J connectivity index is 1.48. The second kappa shape index (κ2) is 12.9. The maximum atomic E-state index is 13.5. The number of hydrogen-bond acceptors (Lipinski definition) is 8. The molecule has 4 rings (SSSR count). The summed E-state index contributed by atoms with van der Waals surface area (Å²) in [5.41, 5.74) is 3.13. The molecule has 2 atom stereocenters. The molecule has 216 valence electrons. The number of aryl methyl sites for hydroxylation is 3. The van der Waals surface area contributed by atoms with E-state index >= 15 is 0 Å². The first-order valence-corrected chi connectivity index (χ1v) is 14.7. The molecule has 0 fully saturated rings. The van der Waals surface area contributed by atoms with Gasteiger partial charge in [0, 0.05) is 36.7 Å². The predicted molar refractivity (Wildman–Crippen MR) is 156 cm³/mol. The van der Waals surface area contributed by atoms with E-state index in [9.17, 15) is 18.0 Å². The summed E-state index contributed by atoms with van der Waals surface area (Å²) in [6.07, 6.45) is 3.18. The van der Waals surface area contributed by atoms with Crippen molar-refractivity contribution in [1.29, 1.82) is 0 Å². The van der Waals surface area contributed by atoms with E-state index in [1.165, 1.54) is 0 Å². The number of rotatable bonds is 12. The molecule has 0 aliphatic rings. The molecule has 2 heterocycles. The summed E-state index contributed by atoms with van der Waals surface area (Å²) in [5, 5.41) is 13.3. The number of amides is 1. The lowest BCUT2D eigenvalue weighted by Gasteiger charge is -2.22. The fourth-order valence-corrected chi connectivity index (χ4v) is 6.24. The average Bonchev–Trinajstić information content (AvgIpc) is 3.38. The number of carbonyl (C=O) groups is 2. The van der Waals surface area contributed by atoms with Gasteiger partial charge in [0.05, 0.1) is 16.6 Å². The van der Waals surface area contributed by atoms with Crippen LogP contribution in [0.5, 0.6) is 0 Å². The lowest BCUT2D eigenvalue weighted by molar-refractivity contribution is -0.150. The Kier molecular flexibility index (Phi) is 9.35. The van der Waals surface area contributed by atoms with Crippen molar-refractivity contribution in [3.05, 3.63) is 83.2 Å². The molecule has 4 aromatic rings. The molecule has 2 aromatic heterocycles. The highest BCUT2D eigenvalue weighted by Gasteiger charge is 2.30. The SMILES string of the molecule is Cc1cc(C)c(S(=O)(=O)N[C@@H](CNC(=O)c2ccc3[nH]ncc3c2)C(=O)O[C@H](C)CCNc2ccccn2)c(C)c1. The summed E-state index contributed by atoms with van der Waals surface area (Å²) in [6.45, 7) is 7.17. The number of carbonyl (C=O) groups excluding carboxylic acids is 2. The highest BCUT2D eigenvalue weighted by molar-refractivity contribution is 7.89. The number of ether oxygens (including phenoxy) is 1. The van der Waals surface area contributed by atoms with E-state index in [1.54, 1.807) is 63.5 Å². The number of hydrogen-bond donors (Lipinski definition) is 4. The zero-order valence-electron chi connectivity index (χ0n) is 23.4. The zero-order valence-corrected chi connectivity index (χ0v) is 24.2. The summed E-state index contributed by atoms with van der Waals surface area (Å²) < 4.78 is 35.1. The highest BCUT2D eigenvalue weighted by atomic mass is 32.2. The number of nitrogens with zero attached hydrogens (tertiary/aromatic N) is 2. The van der Waals surface area contributed by atoms with Crippen LogP contribution in [0.2, 0.25) is 0 Å². The van der Waals surface area contributed by atoms with Gasteiger partial charge in [-0.15, -0.1) is 0 Å². The van der Waals surface area contributed by atoms with Crippen LogP contribution in [0.1, 0.15) is 40.4 Å². The molecular weight excluding hydrogens is 544 g/mol. The Bertz CT molecular complexity index is 1610. The Labute approximate surface area is 239 Å². The first-order chi connectivity index (χ1) is 19.5. The largest absolute Gasteiger partial charge is 0.461 e. The molecule has 0 radical (unpaired) electrons.